The fourth-order valence-corrected chi connectivity index (χ4v) is 2.28. The van der Waals surface area contributed by atoms with Gasteiger partial charge >= 0.3 is 0 Å². The SMILES string of the molecule is O=C1/C(=C/C=C/c2ccc(Br)cc2)Oc2cc(O)ccc21. The van der Waals surface area contributed by atoms with E-state index < -0.39 is 0 Å². The zero-order chi connectivity index (χ0) is 14.8. The number of fused-ring (bicyclic) bond motifs is 1. The van der Waals surface area contributed by atoms with E-state index in [4.69, 9.17) is 4.74 Å². The van der Waals surface area contributed by atoms with Crippen LogP contribution >= 0.6 is 15.9 Å². The van der Waals surface area contributed by atoms with Crippen LogP contribution in [0.15, 0.2) is 64.8 Å². The van der Waals surface area contributed by atoms with Crippen molar-refractivity contribution in [3.63, 3.8) is 0 Å². The number of Topliss-reactive ketones (excluding diaryl/α,β-unsaturated/α-hetero) is 1. The van der Waals surface area contributed by atoms with Gasteiger partial charge in [0.1, 0.15) is 11.5 Å². The lowest BCUT2D eigenvalue weighted by atomic mass is 10.1. The summed E-state index contributed by atoms with van der Waals surface area (Å²) in [5, 5.41) is 9.39. The molecule has 3 nitrogen and oxygen atoms in total. The van der Waals surface area contributed by atoms with Crippen LogP contribution < -0.4 is 4.74 Å². The van der Waals surface area contributed by atoms with Crippen LogP contribution in [0.3, 0.4) is 0 Å². The summed E-state index contributed by atoms with van der Waals surface area (Å²) < 4.78 is 6.47. The third kappa shape index (κ3) is 2.90. The lowest BCUT2D eigenvalue weighted by Gasteiger charge is -1.97. The van der Waals surface area contributed by atoms with Crippen LogP contribution in [0.25, 0.3) is 6.08 Å². The molecular weight excluding hydrogens is 332 g/mol. The number of phenolic OH excluding ortho intramolecular Hbond substituents is 1. The van der Waals surface area contributed by atoms with Gasteiger partial charge in [0.2, 0.25) is 5.78 Å². The van der Waals surface area contributed by atoms with Gasteiger partial charge in [0.15, 0.2) is 5.76 Å². The molecule has 4 heteroatoms. The highest BCUT2D eigenvalue weighted by molar-refractivity contribution is 9.10. The van der Waals surface area contributed by atoms with Gasteiger partial charge in [0.05, 0.1) is 5.56 Å². The minimum absolute atomic E-state index is 0.0770. The molecule has 1 N–H and O–H groups in total. The van der Waals surface area contributed by atoms with E-state index in [1.54, 1.807) is 18.2 Å². The van der Waals surface area contributed by atoms with Crippen molar-refractivity contribution in [2.24, 2.45) is 0 Å². The maximum atomic E-state index is 12.1. The summed E-state index contributed by atoms with van der Waals surface area (Å²) in [6, 6.07) is 12.3. The van der Waals surface area contributed by atoms with E-state index in [-0.39, 0.29) is 17.3 Å². The summed E-state index contributed by atoms with van der Waals surface area (Å²) in [6.07, 6.45) is 5.28. The highest BCUT2D eigenvalue weighted by Gasteiger charge is 2.26. The van der Waals surface area contributed by atoms with Crippen LogP contribution in [0.4, 0.5) is 0 Å². The number of carbonyl (C=O) groups excluding carboxylic acids is 1. The normalized spacial score (nSPS) is 15.5. The van der Waals surface area contributed by atoms with Crippen LogP contribution in [0.2, 0.25) is 0 Å². The van der Waals surface area contributed by atoms with Crippen molar-refractivity contribution in [2.45, 2.75) is 0 Å². The molecule has 0 radical (unpaired) electrons. The van der Waals surface area contributed by atoms with Gasteiger partial charge in [-0.15, -0.1) is 0 Å². The molecule has 0 atom stereocenters. The zero-order valence-corrected chi connectivity index (χ0v) is 12.5. The second-order valence-electron chi connectivity index (χ2n) is 4.55. The van der Waals surface area contributed by atoms with Crippen LogP contribution in [0.5, 0.6) is 11.5 Å². The molecule has 0 aliphatic carbocycles. The van der Waals surface area contributed by atoms with Crippen LogP contribution in [-0.2, 0) is 0 Å². The molecule has 0 spiro atoms. The largest absolute Gasteiger partial charge is 0.508 e. The summed E-state index contributed by atoms with van der Waals surface area (Å²) in [5.41, 5.74) is 1.49. The maximum Gasteiger partial charge on any atom is 0.231 e. The Kier molecular flexibility index (Phi) is 3.62. The molecule has 3 rings (SSSR count). The number of halogens is 1. The molecule has 0 bridgehead atoms. The van der Waals surface area contributed by atoms with E-state index in [1.807, 2.05) is 30.3 Å². The van der Waals surface area contributed by atoms with Gasteiger partial charge in [-0.2, -0.15) is 0 Å². The van der Waals surface area contributed by atoms with E-state index in [9.17, 15) is 9.90 Å². The van der Waals surface area contributed by atoms with Crippen molar-refractivity contribution >= 4 is 27.8 Å². The van der Waals surface area contributed by atoms with Gasteiger partial charge in [0.25, 0.3) is 0 Å². The van der Waals surface area contributed by atoms with Gasteiger partial charge in [-0.25, -0.2) is 0 Å². The Morgan fingerprint density at radius 3 is 2.62 bits per heavy atom. The third-order valence-electron chi connectivity index (χ3n) is 3.06. The average molecular weight is 343 g/mol. The Hall–Kier alpha value is -2.33. The molecule has 0 fully saturated rings. The molecule has 2 aromatic rings. The number of ether oxygens (including phenoxy) is 1. The Morgan fingerprint density at radius 1 is 1.10 bits per heavy atom. The topological polar surface area (TPSA) is 46.5 Å². The first-order valence-corrected chi connectivity index (χ1v) is 7.12. The number of ketones is 1. The maximum absolute atomic E-state index is 12.1. The first kappa shape index (κ1) is 13.6. The van der Waals surface area contributed by atoms with Gasteiger partial charge in [-0.05, 0) is 35.9 Å². The number of hydrogen-bond acceptors (Lipinski definition) is 3. The number of aromatic hydroxyl groups is 1. The van der Waals surface area contributed by atoms with Crippen LogP contribution in [0.1, 0.15) is 15.9 Å². The fourth-order valence-electron chi connectivity index (χ4n) is 2.01. The Morgan fingerprint density at radius 2 is 1.86 bits per heavy atom. The highest BCUT2D eigenvalue weighted by atomic mass is 79.9. The smallest absolute Gasteiger partial charge is 0.231 e. The molecule has 21 heavy (non-hydrogen) atoms. The monoisotopic (exact) mass is 342 g/mol. The number of rotatable bonds is 2. The average Bonchev–Trinajstić information content (AvgIpc) is 2.77. The highest BCUT2D eigenvalue weighted by Crippen LogP contribution is 2.33. The van der Waals surface area contributed by atoms with Crippen molar-refractivity contribution in [1.82, 2.24) is 0 Å². The first-order chi connectivity index (χ1) is 10.1. The van der Waals surface area contributed by atoms with E-state index in [0.29, 0.717) is 11.3 Å². The van der Waals surface area contributed by atoms with Crippen molar-refractivity contribution in [1.29, 1.82) is 0 Å². The molecule has 0 saturated heterocycles. The minimum Gasteiger partial charge on any atom is -0.508 e. The molecule has 2 aromatic carbocycles. The molecule has 1 heterocycles. The van der Waals surface area contributed by atoms with Gasteiger partial charge < -0.3 is 9.84 Å². The van der Waals surface area contributed by atoms with Gasteiger partial charge in [-0.1, -0.05) is 40.2 Å². The van der Waals surface area contributed by atoms with Crippen molar-refractivity contribution < 1.29 is 14.6 Å². The number of hydrogen-bond donors (Lipinski definition) is 1. The van der Waals surface area contributed by atoms with E-state index in [1.165, 1.54) is 12.1 Å². The lowest BCUT2D eigenvalue weighted by Crippen LogP contribution is -1.97. The van der Waals surface area contributed by atoms with Crippen LogP contribution in [0, 0.1) is 0 Å². The first-order valence-electron chi connectivity index (χ1n) is 6.33. The third-order valence-corrected chi connectivity index (χ3v) is 3.59. The molecular formula is C17H11BrO3. The van der Waals surface area contributed by atoms with E-state index in [2.05, 4.69) is 15.9 Å². The van der Waals surface area contributed by atoms with Crippen molar-refractivity contribution in [3.05, 3.63) is 76.0 Å². The summed E-state index contributed by atoms with van der Waals surface area (Å²) in [4.78, 5) is 12.1. The van der Waals surface area contributed by atoms with Gasteiger partial charge in [-0.3, -0.25) is 4.79 Å². The van der Waals surface area contributed by atoms with Gasteiger partial charge in [0, 0.05) is 10.5 Å². The molecule has 0 unspecified atom stereocenters. The Labute approximate surface area is 130 Å². The second kappa shape index (κ2) is 5.58. The fraction of sp³-hybridized carbons (Fsp3) is 0. The summed E-state index contributed by atoms with van der Waals surface area (Å²) in [7, 11) is 0. The summed E-state index contributed by atoms with van der Waals surface area (Å²) in [5.74, 6) is 0.547. The van der Waals surface area contributed by atoms with E-state index in [0.717, 1.165) is 10.0 Å². The number of allylic oxidation sites excluding steroid dienone is 3. The summed E-state index contributed by atoms with van der Waals surface area (Å²) in [6.45, 7) is 0. The minimum atomic E-state index is -0.176. The summed E-state index contributed by atoms with van der Waals surface area (Å²) >= 11 is 3.38. The number of benzene rings is 2. The molecule has 1 aliphatic heterocycles. The number of phenols is 1. The quantitative estimate of drug-likeness (QED) is 0.826. The predicted molar refractivity (Wildman–Crippen MR) is 84.3 cm³/mol. The van der Waals surface area contributed by atoms with Crippen molar-refractivity contribution in [2.75, 3.05) is 0 Å². The number of carbonyl (C=O) groups is 1. The molecule has 0 amide bonds. The lowest BCUT2D eigenvalue weighted by molar-refractivity contribution is 0.101. The standard InChI is InChI=1S/C17H11BrO3/c18-12-6-4-11(5-7-12)2-1-3-15-17(20)14-9-8-13(19)10-16(14)21-15/h1-10,19H/b2-1+,15-3-. The van der Waals surface area contributed by atoms with Crippen LogP contribution in [-0.4, -0.2) is 10.9 Å². The molecule has 1 aliphatic rings. The molecule has 104 valence electrons. The van der Waals surface area contributed by atoms with E-state index >= 15 is 0 Å². The Balaban J connectivity index is 1.79. The zero-order valence-electron chi connectivity index (χ0n) is 10.9. The predicted octanol–water partition coefficient (Wildman–Crippen LogP) is 4.33. The molecule has 0 aromatic heterocycles. The molecule has 0 saturated carbocycles. The van der Waals surface area contributed by atoms with Crippen molar-refractivity contribution in [3.8, 4) is 11.5 Å². The Bertz CT molecular complexity index is 758. The second-order valence-corrected chi connectivity index (χ2v) is 5.47.